The van der Waals surface area contributed by atoms with Gasteiger partial charge >= 0.3 is 6.18 Å². The van der Waals surface area contributed by atoms with Crippen LogP contribution in [0.15, 0.2) is 52.4 Å². The molecule has 0 aliphatic carbocycles. The van der Waals surface area contributed by atoms with Gasteiger partial charge in [-0.25, -0.2) is 4.98 Å². The molecule has 0 radical (unpaired) electrons. The number of nitrogens with zero attached hydrogens (tertiary/aromatic N) is 2. The molecule has 0 aliphatic rings. The number of rotatable bonds is 9. The maximum Gasteiger partial charge on any atom is 0.416 e. The standard InChI is InChI=1S/C27H25ClF3N3O3S2/c1-4-6-21-15(3)23-24(39-21)33-26(34(25(23)36)17-8-10-18(11-9-17)37-5-2)38-14-22(35)32-20-13-16(27(29,30)31)7-12-19(20)28/h7-13H,4-6,14H2,1-3H3,(H,32,35). The van der Waals surface area contributed by atoms with Gasteiger partial charge in [-0.1, -0.05) is 36.7 Å². The van der Waals surface area contributed by atoms with Gasteiger partial charge in [-0.3, -0.25) is 14.2 Å². The van der Waals surface area contributed by atoms with E-state index < -0.39 is 17.6 Å². The fraction of sp³-hybridized carbons (Fsp3) is 0.296. The molecular formula is C27H25ClF3N3O3S2. The molecule has 0 saturated heterocycles. The van der Waals surface area contributed by atoms with E-state index in [1.807, 2.05) is 13.8 Å². The highest BCUT2D eigenvalue weighted by Crippen LogP contribution is 2.34. The van der Waals surface area contributed by atoms with E-state index in [-0.39, 0.29) is 27.2 Å². The molecule has 2 aromatic carbocycles. The van der Waals surface area contributed by atoms with Gasteiger partial charge in [0.2, 0.25) is 5.91 Å². The predicted octanol–water partition coefficient (Wildman–Crippen LogP) is 7.51. The minimum atomic E-state index is -4.58. The first-order valence-electron chi connectivity index (χ1n) is 12.1. The summed E-state index contributed by atoms with van der Waals surface area (Å²) in [6.45, 7) is 6.34. The number of nitrogens with one attached hydrogen (secondary N) is 1. The van der Waals surface area contributed by atoms with Gasteiger partial charge in [0.05, 0.1) is 39.7 Å². The number of fused-ring (bicyclic) bond motifs is 1. The Balaban J connectivity index is 1.69. The summed E-state index contributed by atoms with van der Waals surface area (Å²) in [7, 11) is 0. The van der Waals surface area contributed by atoms with E-state index in [0.717, 1.165) is 53.2 Å². The number of hydrogen-bond acceptors (Lipinski definition) is 6. The third-order valence-corrected chi connectivity index (χ3v) is 8.33. The summed E-state index contributed by atoms with van der Waals surface area (Å²) in [6.07, 6.45) is -2.85. The molecule has 4 rings (SSSR count). The molecule has 39 heavy (non-hydrogen) atoms. The number of anilines is 1. The van der Waals surface area contributed by atoms with Crippen molar-refractivity contribution in [3.05, 3.63) is 73.8 Å². The fourth-order valence-electron chi connectivity index (χ4n) is 3.97. The van der Waals surface area contributed by atoms with E-state index in [1.54, 1.807) is 24.3 Å². The second kappa shape index (κ2) is 12.0. The molecule has 4 aromatic rings. The number of carbonyl (C=O) groups excluding carboxylic acids is 1. The number of halogens is 4. The van der Waals surface area contributed by atoms with Crippen LogP contribution >= 0.6 is 34.7 Å². The smallest absolute Gasteiger partial charge is 0.416 e. The Bertz CT molecular complexity index is 1570. The Labute approximate surface area is 236 Å². The second-order valence-corrected chi connectivity index (χ2v) is 11.0. The Morgan fingerprint density at radius 2 is 1.90 bits per heavy atom. The lowest BCUT2D eigenvalue weighted by atomic mass is 10.1. The molecule has 12 heteroatoms. The third kappa shape index (κ3) is 6.42. The number of thioether (sulfide) groups is 1. The van der Waals surface area contributed by atoms with Crippen LogP contribution in [-0.2, 0) is 17.4 Å². The van der Waals surface area contributed by atoms with Crippen molar-refractivity contribution in [3.63, 3.8) is 0 Å². The van der Waals surface area contributed by atoms with Crippen molar-refractivity contribution in [2.45, 2.75) is 44.9 Å². The number of aryl methyl sites for hydroxylation is 2. The molecular weight excluding hydrogens is 571 g/mol. The SMILES string of the molecule is CCCc1sc2nc(SCC(=O)Nc3cc(C(F)(F)F)ccc3Cl)n(-c3ccc(OCC)cc3)c(=O)c2c1C. The Hall–Kier alpha value is -3.02. The molecule has 2 heterocycles. The first-order chi connectivity index (χ1) is 18.5. The largest absolute Gasteiger partial charge is 0.494 e. The monoisotopic (exact) mass is 595 g/mol. The predicted molar refractivity (Wildman–Crippen MR) is 151 cm³/mol. The topological polar surface area (TPSA) is 73.2 Å². The first-order valence-corrected chi connectivity index (χ1v) is 14.3. The zero-order chi connectivity index (χ0) is 28.3. The number of ether oxygens (including phenoxy) is 1. The van der Waals surface area contributed by atoms with E-state index in [1.165, 1.54) is 15.9 Å². The van der Waals surface area contributed by atoms with Gasteiger partial charge in [0.1, 0.15) is 10.6 Å². The Kier molecular flexibility index (Phi) is 8.93. The van der Waals surface area contributed by atoms with E-state index in [0.29, 0.717) is 28.3 Å². The van der Waals surface area contributed by atoms with Gasteiger partial charge in [0.15, 0.2) is 5.16 Å². The van der Waals surface area contributed by atoms with Gasteiger partial charge in [0.25, 0.3) is 5.56 Å². The van der Waals surface area contributed by atoms with E-state index in [2.05, 4.69) is 12.2 Å². The van der Waals surface area contributed by atoms with Crippen LogP contribution in [0.5, 0.6) is 5.75 Å². The van der Waals surface area contributed by atoms with E-state index >= 15 is 0 Å². The molecule has 206 valence electrons. The van der Waals surface area contributed by atoms with Crippen LogP contribution in [0.25, 0.3) is 15.9 Å². The second-order valence-electron chi connectivity index (χ2n) is 8.57. The highest BCUT2D eigenvalue weighted by Gasteiger charge is 2.31. The van der Waals surface area contributed by atoms with Crippen molar-refractivity contribution in [1.82, 2.24) is 9.55 Å². The highest BCUT2D eigenvalue weighted by atomic mass is 35.5. The third-order valence-electron chi connectivity index (χ3n) is 5.82. The van der Waals surface area contributed by atoms with E-state index in [9.17, 15) is 22.8 Å². The maximum atomic E-state index is 13.8. The minimum absolute atomic E-state index is 0.0234. The van der Waals surface area contributed by atoms with Crippen LogP contribution in [0.4, 0.5) is 18.9 Å². The van der Waals surface area contributed by atoms with Crippen LogP contribution in [0.1, 0.15) is 36.3 Å². The molecule has 0 bridgehead atoms. The normalized spacial score (nSPS) is 11.7. The molecule has 2 aromatic heterocycles. The maximum absolute atomic E-state index is 13.8. The molecule has 0 atom stereocenters. The summed E-state index contributed by atoms with van der Waals surface area (Å²) in [4.78, 5) is 32.9. The molecule has 6 nitrogen and oxygen atoms in total. The van der Waals surface area contributed by atoms with Gasteiger partial charge in [-0.2, -0.15) is 13.2 Å². The van der Waals surface area contributed by atoms with Crippen molar-refractivity contribution < 1.29 is 22.7 Å². The van der Waals surface area contributed by atoms with Crippen LogP contribution < -0.4 is 15.6 Å². The minimum Gasteiger partial charge on any atom is -0.494 e. The number of thiophene rings is 1. The van der Waals surface area contributed by atoms with Crippen molar-refractivity contribution in [2.75, 3.05) is 17.7 Å². The molecule has 1 N–H and O–H groups in total. The first kappa shape index (κ1) is 29.0. The lowest BCUT2D eigenvalue weighted by Crippen LogP contribution is -2.23. The van der Waals surface area contributed by atoms with Gasteiger partial charge in [-0.15, -0.1) is 11.3 Å². The van der Waals surface area contributed by atoms with Gasteiger partial charge in [0, 0.05) is 4.88 Å². The number of alkyl halides is 3. The van der Waals surface area contributed by atoms with Crippen molar-refractivity contribution in [2.24, 2.45) is 0 Å². The van der Waals surface area contributed by atoms with Crippen LogP contribution in [0, 0.1) is 6.92 Å². The number of amides is 1. The molecule has 0 fully saturated rings. The number of carbonyl (C=O) groups is 1. The fourth-order valence-corrected chi connectivity index (χ4v) is 6.27. The zero-order valence-corrected chi connectivity index (χ0v) is 23.7. The van der Waals surface area contributed by atoms with Crippen LogP contribution in [0.3, 0.4) is 0 Å². The summed E-state index contributed by atoms with van der Waals surface area (Å²) in [5.41, 5.74) is 0.0979. The number of benzene rings is 2. The molecule has 0 unspecified atom stereocenters. The van der Waals surface area contributed by atoms with Crippen molar-refractivity contribution >= 4 is 56.5 Å². The number of aromatic nitrogens is 2. The van der Waals surface area contributed by atoms with Crippen LogP contribution in [0.2, 0.25) is 5.02 Å². The molecule has 0 aliphatic heterocycles. The average Bonchev–Trinajstić information content (AvgIpc) is 3.19. The van der Waals surface area contributed by atoms with Crippen molar-refractivity contribution in [3.8, 4) is 11.4 Å². The average molecular weight is 596 g/mol. The quantitative estimate of drug-likeness (QED) is 0.160. The van der Waals surface area contributed by atoms with Gasteiger partial charge < -0.3 is 10.1 Å². The van der Waals surface area contributed by atoms with Crippen molar-refractivity contribution in [1.29, 1.82) is 0 Å². The summed E-state index contributed by atoms with van der Waals surface area (Å²) < 4.78 is 46.3. The number of hydrogen-bond donors (Lipinski definition) is 1. The lowest BCUT2D eigenvalue weighted by Gasteiger charge is -2.14. The molecule has 1 amide bonds. The summed E-state index contributed by atoms with van der Waals surface area (Å²) in [5, 5.41) is 3.22. The van der Waals surface area contributed by atoms with Gasteiger partial charge in [-0.05, 0) is 68.3 Å². The Morgan fingerprint density at radius 1 is 1.18 bits per heavy atom. The molecule has 0 saturated carbocycles. The zero-order valence-electron chi connectivity index (χ0n) is 21.3. The summed E-state index contributed by atoms with van der Waals surface area (Å²) in [6, 6.07) is 9.68. The van der Waals surface area contributed by atoms with E-state index in [4.69, 9.17) is 21.3 Å². The summed E-state index contributed by atoms with van der Waals surface area (Å²) >= 11 is 8.48. The molecule has 0 spiro atoms. The van der Waals surface area contributed by atoms with Crippen LogP contribution in [-0.4, -0.2) is 27.8 Å². The Morgan fingerprint density at radius 3 is 2.54 bits per heavy atom. The highest BCUT2D eigenvalue weighted by molar-refractivity contribution is 7.99. The summed E-state index contributed by atoms with van der Waals surface area (Å²) in [5.74, 6) is -0.164. The lowest BCUT2D eigenvalue weighted by molar-refractivity contribution is -0.137.